The van der Waals surface area contributed by atoms with E-state index >= 15 is 0 Å². The van der Waals surface area contributed by atoms with Crippen LogP contribution in [0.3, 0.4) is 0 Å². The Balaban J connectivity index is 3.43. The Bertz CT molecular complexity index is 1210. The van der Waals surface area contributed by atoms with Crippen molar-refractivity contribution in [1.29, 1.82) is 0 Å². The maximum atomic E-state index is 13.5. The molecular formula is C39H66N6O9. The van der Waals surface area contributed by atoms with Crippen molar-refractivity contribution in [2.24, 2.45) is 35.5 Å². The maximum Gasteiger partial charge on any atom is 0.274 e. The van der Waals surface area contributed by atoms with Gasteiger partial charge in [0.25, 0.3) is 35.4 Å². The number of carbonyl (C=O) groups is 6. The van der Waals surface area contributed by atoms with Crippen LogP contribution in [-0.2, 0) is 28.9 Å². The third kappa shape index (κ3) is 19.3. The van der Waals surface area contributed by atoms with Crippen LogP contribution in [-0.4, -0.2) is 73.4 Å². The van der Waals surface area contributed by atoms with Gasteiger partial charge < -0.3 is 16.0 Å². The molecule has 6 N–H and O–H groups in total. The molecule has 1 rings (SSSR count). The third-order valence-corrected chi connectivity index (χ3v) is 7.59. The summed E-state index contributed by atoms with van der Waals surface area (Å²) in [5, 5.41) is 8.42. The maximum absolute atomic E-state index is 13.5. The Kier molecular flexibility index (Phi) is 21.6. The van der Waals surface area contributed by atoms with E-state index in [2.05, 4.69) is 32.4 Å². The van der Waals surface area contributed by atoms with Crippen LogP contribution in [0.1, 0.15) is 133 Å². The van der Waals surface area contributed by atoms with Crippen molar-refractivity contribution in [2.45, 2.75) is 121 Å². The standard InChI is InChI=1S/C39H66N6O9/c1-22(2)13-31(37(49)40-19-25(7)8)52-43-34(46)28-16-29(35(47)44-53-32(14-23(3)4)38(50)41-20-26(9)10)18-30(17-28)36(48)45-54-33(15-24(5)6)39(51)42-21-27(11)12/h16-18,22-27,31-33H,13-15,19-21H2,1-12H3,(H,40,49)(H,41,50)(H,42,51)(H,43,46)(H,44,47)(H,45,48)/t31-,32-,33-/m1/s1. The molecule has 0 aliphatic heterocycles. The summed E-state index contributed by atoms with van der Waals surface area (Å²) in [5.74, 6) is -2.99. The van der Waals surface area contributed by atoms with Gasteiger partial charge in [-0.3, -0.25) is 43.3 Å². The number of hydrogen-bond acceptors (Lipinski definition) is 9. The highest BCUT2D eigenvalue weighted by atomic mass is 16.7. The highest BCUT2D eigenvalue weighted by Gasteiger charge is 2.27. The number of carbonyl (C=O) groups excluding carboxylic acids is 6. The molecule has 0 saturated heterocycles. The summed E-state index contributed by atoms with van der Waals surface area (Å²) in [6.45, 7) is 24.4. The molecule has 0 aliphatic carbocycles. The number of benzene rings is 1. The van der Waals surface area contributed by atoms with Crippen molar-refractivity contribution in [3.05, 3.63) is 34.9 Å². The van der Waals surface area contributed by atoms with Crippen molar-refractivity contribution in [3.8, 4) is 0 Å². The summed E-state index contributed by atoms with van der Waals surface area (Å²) < 4.78 is 0. The SMILES string of the molecule is CC(C)CNC(=O)[C@@H](CC(C)C)ONC(=O)c1cc(C(=O)NO[C@H](CC(C)C)C(=O)NCC(C)C)cc(C(=O)NO[C@H](CC(C)C)C(=O)NCC(C)C)c1. The van der Waals surface area contributed by atoms with Gasteiger partial charge in [-0.2, -0.15) is 0 Å². The largest absolute Gasteiger partial charge is 0.354 e. The first kappa shape index (κ1) is 47.9. The molecule has 0 spiro atoms. The average molecular weight is 763 g/mol. The van der Waals surface area contributed by atoms with Crippen molar-refractivity contribution in [1.82, 2.24) is 32.4 Å². The molecule has 0 heterocycles. The molecule has 15 nitrogen and oxygen atoms in total. The average Bonchev–Trinajstić information content (AvgIpc) is 3.09. The first-order valence-corrected chi connectivity index (χ1v) is 19.1. The molecule has 0 unspecified atom stereocenters. The van der Waals surface area contributed by atoms with Gasteiger partial charge in [0.1, 0.15) is 0 Å². The molecule has 54 heavy (non-hydrogen) atoms. The molecule has 306 valence electrons. The second-order valence-electron chi connectivity index (χ2n) is 16.2. The number of nitrogens with one attached hydrogen (secondary N) is 6. The molecule has 0 aromatic heterocycles. The molecule has 1 aromatic carbocycles. The normalized spacial score (nSPS) is 13.2. The third-order valence-electron chi connectivity index (χ3n) is 7.59. The lowest BCUT2D eigenvalue weighted by atomic mass is 10.0. The van der Waals surface area contributed by atoms with E-state index in [1.54, 1.807) is 0 Å². The van der Waals surface area contributed by atoms with Crippen LogP contribution in [0.4, 0.5) is 0 Å². The molecule has 6 amide bonds. The molecule has 0 fully saturated rings. The minimum atomic E-state index is -1.01. The fraction of sp³-hybridized carbons (Fsp3) is 0.692. The lowest BCUT2D eigenvalue weighted by molar-refractivity contribution is -0.138. The second-order valence-corrected chi connectivity index (χ2v) is 16.2. The molecule has 1 aromatic rings. The molecule has 0 radical (unpaired) electrons. The lowest BCUT2D eigenvalue weighted by Gasteiger charge is -2.21. The topological polar surface area (TPSA) is 202 Å². The second kappa shape index (κ2) is 24.4. The van der Waals surface area contributed by atoms with Crippen LogP contribution in [0.25, 0.3) is 0 Å². The van der Waals surface area contributed by atoms with Crippen LogP contribution in [0.2, 0.25) is 0 Å². The fourth-order valence-corrected chi connectivity index (χ4v) is 4.74. The zero-order valence-corrected chi connectivity index (χ0v) is 34.3. The first-order valence-electron chi connectivity index (χ1n) is 19.1. The summed E-state index contributed by atoms with van der Waals surface area (Å²) in [6.07, 6.45) is -2.12. The van der Waals surface area contributed by atoms with Crippen LogP contribution in [0.5, 0.6) is 0 Å². The summed E-state index contributed by atoms with van der Waals surface area (Å²) in [6, 6.07) is 3.63. The van der Waals surface area contributed by atoms with Gasteiger partial charge >= 0.3 is 0 Å². The molecule has 15 heteroatoms. The van der Waals surface area contributed by atoms with E-state index in [4.69, 9.17) is 14.5 Å². The molecular weight excluding hydrogens is 696 g/mol. The minimum absolute atomic E-state index is 0.0537. The Morgan fingerprint density at radius 3 is 0.815 bits per heavy atom. The van der Waals surface area contributed by atoms with Gasteiger partial charge in [-0.25, -0.2) is 16.4 Å². The van der Waals surface area contributed by atoms with E-state index in [0.29, 0.717) is 38.9 Å². The smallest absolute Gasteiger partial charge is 0.274 e. The Labute approximate surface area is 321 Å². The molecule has 0 aliphatic rings. The summed E-state index contributed by atoms with van der Waals surface area (Å²) in [4.78, 5) is 95.8. The van der Waals surface area contributed by atoms with Gasteiger partial charge in [-0.05, 0) is 73.0 Å². The van der Waals surface area contributed by atoms with Crippen LogP contribution in [0, 0.1) is 35.5 Å². The van der Waals surface area contributed by atoms with Gasteiger partial charge in [-0.15, -0.1) is 0 Å². The van der Waals surface area contributed by atoms with Crippen LogP contribution in [0.15, 0.2) is 18.2 Å². The number of rotatable bonds is 24. The number of hydroxylamine groups is 3. The van der Waals surface area contributed by atoms with Crippen LogP contribution >= 0.6 is 0 Å². The molecule has 0 bridgehead atoms. The fourth-order valence-electron chi connectivity index (χ4n) is 4.74. The molecule has 3 atom stereocenters. The Hall–Kier alpha value is -4.08. The van der Waals surface area contributed by atoms with Gasteiger partial charge in [-0.1, -0.05) is 83.1 Å². The molecule has 0 saturated carbocycles. The van der Waals surface area contributed by atoms with E-state index in [1.807, 2.05) is 83.1 Å². The first-order chi connectivity index (χ1) is 25.2. The highest BCUT2D eigenvalue weighted by molar-refractivity contribution is 6.04. The van der Waals surface area contributed by atoms with Crippen molar-refractivity contribution in [2.75, 3.05) is 19.6 Å². The van der Waals surface area contributed by atoms with Gasteiger partial charge in [0.2, 0.25) is 0 Å². The van der Waals surface area contributed by atoms with E-state index in [9.17, 15) is 28.8 Å². The predicted octanol–water partition coefficient (Wildman–Crippen LogP) is 4.23. The van der Waals surface area contributed by atoms with E-state index in [0.717, 1.165) is 0 Å². The summed E-state index contributed by atoms with van der Waals surface area (Å²) in [5.41, 5.74) is 6.38. The predicted molar refractivity (Wildman–Crippen MR) is 205 cm³/mol. The monoisotopic (exact) mass is 762 g/mol. The van der Waals surface area contributed by atoms with Gasteiger partial charge in [0.05, 0.1) is 0 Å². The number of amides is 6. The Morgan fingerprint density at radius 2 is 0.630 bits per heavy atom. The van der Waals surface area contributed by atoms with Crippen LogP contribution < -0.4 is 32.4 Å². The van der Waals surface area contributed by atoms with E-state index in [1.165, 1.54) is 18.2 Å². The zero-order chi connectivity index (χ0) is 41.1. The zero-order valence-electron chi connectivity index (χ0n) is 34.3. The Morgan fingerprint density at radius 1 is 0.407 bits per heavy atom. The van der Waals surface area contributed by atoms with E-state index < -0.39 is 53.8 Å². The van der Waals surface area contributed by atoms with Crippen molar-refractivity contribution >= 4 is 35.4 Å². The van der Waals surface area contributed by atoms with Gasteiger partial charge in [0.15, 0.2) is 18.3 Å². The van der Waals surface area contributed by atoms with Gasteiger partial charge in [0, 0.05) is 36.3 Å². The summed E-state index contributed by atoms with van der Waals surface area (Å²) >= 11 is 0. The van der Waals surface area contributed by atoms with Crippen molar-refractivity contribution in [3.63, 3.8) is 0 Å². The lowest BCUT2D eigenvalue weighted by Crippen LogP contribution is -2.43. The van der Waals surface area contributed by atoms with E-state index in [-0.39, 0.29) is 52.2 Å². The highest BCUT2D eigenvalue weighted by Crippen LogP contribution is 2.15. The minimum Gasteiger partial charge on any atom is -0.354 e. The van der Waals surface area contributed by atoms with Crippen molar-refractivity contribution < 1.29 is 43.3 Å². The number of hydrogen-bond donors (Lipinski definition) is 6. The quantitative estimate of drug-likeness (QED) is 0.0834. The summed E-state index contributed by atoms with van der Waals surface area (Å²) in [7, 11) is 0.